The zero-order valence-corrected chi connectivity index (χ0v) is 18.3. The van der Waals surface area contributed by atoms with Gasteiger partial charge in [0, 0.05) is 19.2 Å². The van der Waals surface area contributed by atoms with Crippen molar-refractivity contribution in [2.24, 2.45) is 0 Å². The molecule has 0 bridgehead atoms. The Morgan fingerprint density at radius 2 is 1.56 bits per heavy atom. The average Bonchev–Trinajstić information content (AvgIpc) is 3.19. The van der Waals surface area contributed by atoms with Crippen LogP contribution in [-0.2, 0) is 17.9 Å². The number of hydrogen-bond acceptors (Lipinski definition) is 3. The van der Waals surface area contributed by atoms with E-state index in [4.69, 9.17) is 0 Å². The molecule has 0 spiro atoms. The van der Waals surface area contributed by atoms with Crippen LogP contribution >= 0.6 is 0 Å². The second kappa shape index (κ2) is 9.47. The van der Waals surface area contributed by atoms with Gasteiger partial charge < -0.3 is 14.8 Å². The van der Waals surface area contributed by atoms with Crippen molar-refractivity contribution in [3.05, 3.63) is 90.3 Å². The number of rotatable bonds is 7. The predicted octanol–water partition coefficient (Wildman–Crippen LogP) is 4.11. The number of nitrogens with one attached hydrogen (secondary N) is 1. The van der Waals surface area contributed by atoms with Gasteiger partial charge in [-0.2, -0.15) is 0 Å². The molecule has 4 aromatic rings. The number of carbonyl (C=O) groups excluding carboxylic acids is 2. The molecule has 0 fully saturated rings. The van der Waals surface area contributed by atoms with Crippen molar-refractivity contribution in [1.82, 2.24) is 19.8 Å². The molecule has 162 valence electrons. The number of para-hydroxylation sites is 2. The SMILES string of the molecule is CCn1c(CN(C)C(=O)CNC(=O)c2ccc(-c3ccccc3)cc2)nc2ccccc21. The van der Waals surface area contributed by atoms with Gasteiger partial charge in [-0.1, -0.05) is 54.6 Å². The second-order valence-electron chi connectivity index (χ2n) is 7.64. The standard InChI is InChI=1S/C26H26N4O2/c1-3-30-23-12-8-7-11-22(23)28-24(30)18-29(2)25(31)17-27-26(32)21-15-13-20(14-16-21)19-9-5-4-6-10-19/h4-16H,3,17-18H2,1-2H3,(H,27,32). The Balaban J connectivity index is 1.35. The summed E-state index contributed by atoms with van der Waals surface area (Å²) in [5, 5.41) is 2.72. The number of hydrogen-bond donors (Lipinski definition) is 1. The third-order valence-electron chi connectivity index (χ3n) is 5.51. The minimum atomic E-state index is -0.271. The van der Waals surface area contributed by atoms with E-state index in [1.165, 1.54) is 0 Å². The Morgan fingerprint density at radius 3 is 2.28 bits per heavy atom. The lowest BCUT2D eigenvalue weighted by Gasteiger charge is -2.18. The lowest BCUT2D eigenvalue weighted by molar-refractivity contribution is -0.129. The second-order valence-corrected chi connectivity index (χ2v) is 7.64. The summed E-state index contributed by atoms with van der Waals surface area (Å²) in [7, 11) is 1.72. The summed E-state index contributed by atoms with van der Waals surface area (Å²) in [5.74, 6) is 0.383. The molecule has 6 nitrogen and oxygen atoms in total. The first-order valence-electron chi connectivity index (χ1n) is 10.7. The zero-order valence-electron chi connectivity index (χ0n) is 18.3. The molecule has 1 aromatic heterocycles. The third kappa shape index (κ3) is 4.54. The Hall–Kier alpha value is -3.93. The third-order valence-corrected chi connectivity index (χ3v) is 5.51. The monoisotopic (exact) mass is 426 g/mol. The maximum absolute atomic E-state index is 12.6. The summed E-state index contributed by atoms with van der Waals surface area (Å²) in [6.45, 7) is 3.14. The molecule has 6 heteroatoms. The Labute approximate surface area is 187 Å². The number of imidazole rings is 1. The number of aryl methyl sites for hydroxylation is 1. The van der Waals surface area contributed by atoms with Crippen molar-refractivity contribution in [2.75, 3.05) is 13.6 Å². The van der Waals surface area contributed by atoms with E-state index in [1.807, 2.05) is 66.7 Å². The lowest BCUT2D eigenvalue weighted by atomic mass is 10.0. The molecular formula is C26H26N4O2. The first-order valence-corrected chi connectivity index (χ1v) is 10.7. The van der Waals surface area contributed by atoms with Crippen molar-refractivity contribution in [3.63, 3.8) is 0 Å². The van der Waals surface area contributed by atoms with Gasteiger partial charge in [-0.05, 0) is 42.3 Å². The van der Waals surface area contributed by atoms with Crippen molar-refractivity contribution < 1.29 is 9.59 Å². The van der Waals surface area contributed by atoms with Crippen LogP contribution in [0.15, 0.2) is 78.9 Å². The van der Waals surface area contributed by atoms with Gasteiger partial charge in [0.2, 0.25) is 5.91 Å². The first-order chi connectivity index (χ1) is 15.6. The first kappa shape index (κ1) is 21.3. The number of benzene rings is 3. The molecule has 0 atom stereocenters. The fourth-order valence-electron chi connectivity index (χ4n) is 3.74. The number of nitrogens with zero attached hydrogens (tertiary/aromatic N) is 3. The molecule has 1 N–H and O–H groups in total. The predicted molar refractivity (Wildman–Crippen MR) is 126 cm³/mol. The normalized spacial score (nSPS) is 10.8. The summed E-state index contributed by atoms with van der Waals surface area (Å²) in [5.41, 5.74) is 4.62. The maximum Gasteiger partial charge on any atom is 0.251 e. The molecular weight excluding hydrogens is 400 g/mol. The van der Waals surface area contributed by atoms with E-state index >= 15 is 0 Å². The molecule has 4 rings (SSSR count). The topological polar surface area (TPSA) is 67.2 Å². The summed E-state index contributed by atoms with van der Waals surface area (Å²) in [4.78, 5) is 31.4. The van der Waals surface area contributed by atoms with Gasteiger partial charge >= 0.3 is 0 Å². The van der Waals surface area contributed by atoms with Crippen LogP contribution < -0.4 is 5.32 Å². The molecule has 0 saturated carbocycles. The minimum absolute atomic E-state index is 0.0673. The number of fused-ring (bicyclic) bond motifs is 1. The Morgan fingerprint density at radius 1 is 0.906 bits per heavy atom. The highest BCUT2D eigenvalue weighted by Gasteiger charge is 2.16. The van der Waals surface area contributed by atoms with E-state index in [2.05, 4.69) is 21.8 Å². The molecule has 32 heavy (non-hydrogen) atoms. The molecule has 3 aromatic carbocycles. The highest BCUT2D eigenvalue weighted by molar-refractivity contribution is 5.96. The van der Waals surface area contributed by atoms with Crippen LogP contribution in [0.5, 0.6) is 0 Å². The minimum Gasteiger partial charge on any atom is -0.343 e. The number of aromatic nitrogens is 2. The van der Waals surface area contributed by atoms with Crippen molar-refractivity contribution >= 4 is 22.8 Å². The van der Waals surface area contributed by atoms with Gasteiger partial charge in [0.1, 0.15) is 5.82 Å². The van der Waals surface area contributed by atoms with Crippen LogP contribution in [0.1, 0.15) is 23.1 Å². The molecule has 0 aliphatic heterocycles. The summed E-state index contributed by atoms with van der Waals surface area (Å²) >= 11 is 0. The van der Waals surface area contributed by atoms with Crippen molar-refractivity contribution in [2.45, 2.75) is 20.0 Å². The van der Waals surface area contributed by atoms with Gasteiger partial charge in [0.25, 0.3) is 5.91 Å². The van der Waals surface area contributed by atoms with E-state index < -0.39 is 0 Å². The van der Waals surface area contributed by atoms with E-state index in [0.717, 1.165) is 34.5 Å². The highest BCUT2D eigenvalue weighted by Crippen LogP contribution is 2.19. The average molecular weight is 427 g/mol. The Kier molecular flexibility index (Phi) is 6.31. The molecule has 0 aliphatic rings. The van der Waals surface area contributed by atoms with Gasteiger partial charge in [-0.15, -0.1) is 0 Å². The van der Waals surface area contributed by atoms with Crippen LogP contribution in [0.3, 0.4) is 0 Å². The number of carbonyl (C=O) groups is 2. The lowest BCUT2D eigenvalue weighted by Crippen LogP contribution is -2.38. The number of likely N-dealkylation sites (N-methyl/N-ethyl adjacent to an activating group) is 1. The smallest absolute Gasteiger partial charge is 0.251 e. The molecule has 1 heterocycles. The van der Waals surface area contributed by atoms with E-state index in [1.54, 1.807) is 24.1 Å². The molecule has 2 amide bonds. The van der Waals surface area contributed by atoms with Crippen LogP contribution in [-0.4, -0.2) is 39.9 Å². The maximum atomic E-state index is 12.6. The quantitative estimate of drug-likeness (QED) is 0.484. The van der Waals surface area contributed by atoms with Gasteiger partial charge in [-0.3, -0.25) is 9.59 Å². The Bertz CT molecular complexity index is 1230. The van der Waals surface area contributed by atoms with Crippen molar-refractivity contribution in [1.29, 1.82) is 0 Å². The van der Waals surface area contributed by atoms with Crippen molar-refractivity contribution in [3.8, 4) is 11.1 Å². The molecule has 0 radical (unpaired) electrons. The summed E-state index contributed by atoms with van der Waals surface area (Å²) < 4.78 is 2.10. The molecule has 0 unspecified atom stereocenters. The van der Waals surface area contributed by atoms with Gasteiger partial charge in [-0.25, -0.2) is 4.98 Å². The van der Waals surface area contributed by atoms with E-state index in [-0.39, 0.29) is 18.4 Å². The van der Waals surface area contributed by atoms with E-state index in [9.17, 15) is 9.59 Å². The van der Waals surface area contributed by atoms with Crippen LogP contribution in [0.4, 0.5) is 0 Å². The zero-order chi connectivity index (χ0) is 22.5. The molecule has 0 aliphatic carbocycles. The summed E-state index contributed by atoms with van der Waals surface area (Å²) in [6.07, 6.45) is 0. The van der Waals surface area contributed by atoms with Crippen LogP contribution in [0.25, 0.3) is 22.2 Å². The van der Waals surface area contributed by atoms with Gasteiger partial charge in [0.15, 0.2) is 0 Å². The van der Waals surface area contributed by atoms with Gasteiger partial charge in [0.05, 0.1) is 24.1 Å². The fourth-order valence-corrected chi connectivity index (χ4v) is 3.74. The fraction of sp³-hybridized carbons (Fsp3) is 0.192. The van der Waals surface area contributed by atoms with E-state index in [0.29, 0.717) is 12.1 Å². The summed E-state index contributed by atoms with van der Waals surface area (Å²) in [6, 6.07) is 25.3. The van der Waals surface area contributed by atoms with Crippen LogP contribution in [0.2, 0.25) is 0 Å². The largest absolute Gasteiger partial charge is 0.343 e. The van der Waals surface area contributed by atoms with Crippen LogP contribution in [0, 0.1) is 0 Å². The number of amides is 2. The molecule has 0 saturated heterocycles. The highest BCUT2D eigenvalue weighted by atomic mass is 16.2.